The van der Waals surface area contributed by atoms with Gasteiger partial charge in [-0.2, -0.15) is 0 Å². The van der Waals surface area contributed by atoms with Crippen molar-refractivity contribution in [3.63, 3.8) is 0 Å². The quantitative estimate of drug-likeness (QED) is 0.343. The molecule has 0 aliphatic carbocycles. The van der Waals surface area contributed by atoms with Crippen molar-refractivity contribution in [2.24, 2.45) is 0 Å². The van der Waals surface area contributed by atoms with Gasteiger partial charge in [0.05, 0.1) is 5.69 Å². The Bertz CT molecular complexity index is 1180. The Kier molecular flexibility index (Phi) is 7.90. The number of rotatable bonds is 7. The fraction of sp³-hybridized carbons (Fsp3) is 0.370. The summed E-state index contributed by atoms with van der Waals surface area (Å²) in [4.78, 5) is 28.0. The summed E-state index contributed by atoms with van der Waals surface area (Å²) in [5.41, 5.74) is 4.53. The Morgan fingerprint density at radius 3 is 2.31 bits per heavy atom. The summed E-state index contributed by atoms with van der Waals surface area (Å²) in [6, 6.07) is 14.7. The molecule has 0 radical (unpaired) electrons. The summed E-state index contributed by atoms with van der Waals surface area (Å²) in [6.07, 6.45) is 0. The maximum atomic E-state index is 14.2. The van der Waals surface area contributed by atoms with Crippen LogP contribution in [0.4, 0.5) is 15.9 Å². The average molecular weight is 494 g/mol. The first-order valence-corrected chi connectivity index (χ1v) is 12.9. The number of thioether (sulfide) groups is 1. The van der Waals surface area contributed by atoms with Crippen LogP contribution in [0.15, 0.2) is 53.7 Å². The highest BCUT2D eigenvalue weighted by atomic mass is 32.2. The lowest BCUT2D eigenvalue weighted by Crippen LogP contribution is -2.47. The molecule has 1 amide bonds. The molecule has 184 valence electrons. The lowest BCUT2D eigenvalue weighted by Gasteiger charge is -2.37. The summed E-state index contributed by atoms with van der Waals surface area (Å²) in [6.45, 7) is 9.75. The van der Waals surface area contributed by atoms with Crippen molar-refractivity contribution < 1.29 is 9.18 Å². The van der Waals surface area contributed by atoms with E-state index >= 15 is 0 Å². The van der Waals surface area contributed by atoms with Crippen molar-refractivity contribution >= 4 is 29.2 Å². The van der Waals surface area contributed by atoms with Crippen molar-refractivity contribution in [2.75, 3.05) is 49.6 Å². The van der Waals surface area contributed by atoms with Crippen LogP contribution >= 0.6 is 11.8 Å². The molecule has 1 saturated heterocycles. The van der Waals surface area contributed by atoms with Gasteiger partial charge < -0.3 is 14.7 Å². The monoisotopic (exact) mass is 493 g/mol. The molecular weight excluding hydrogens is 461 g/mol. The predicted molar refractivity (Wildman–Crippen MR) is 141 cm³/mol. The molecule has 6 nitrogen and oxygen atoms in total. The van der Waals surface area contributed by atoms with Gasteiger partial charge in [0.2, 0.25) is 0 Å². The Morgan fingerprint density at radius 1 is 1.00 bits per heavy atom. The van der Waals surface area contributed by atoms with Crippen LogP contribution in [0.25, 0.3) is 0 Å². The molecule has 3 aromatic rings. The number of piperazine rings is 1. The van der Waals surface area contributed by atoms with E-state index in [1.54, 1.807) is 29.8 Å². The Morgan fingerprint density at radius 2 is 1.66 bits per heavy atom. The van der Waals surface area contributed by atoms with E-state index in [2.05, 4.69) is 16.7 Å². The smallest absolute Gasteiger partial charge is 0.253 e. The summed E-state index contributed by atoms with van der Waals surface area (Å²) >= 11 is 1.59. The molecule has 0 unspecified atom stereocenters. The third-order valence-electron chi connectivity index (χ3n) is 6.51. The largest absolute Gasteiger partial charge is 0.366 e. The minimum atomic E-state index is -0.177. The minimum absolute atomic E-state index is 0.0314. The fourth-order valence-corrected chi connectivity index (χ4v) is 4.92. The van der Waals surface area contributed by atoms with Crippen molar-refractivity contribution in [3.8, 4) is 0 Å². The van der Waals surface area contributed by atoms with Crippen LogP contribution in [0, 0.1) is 19.7 Å². The number of hydrogen-bond donors (Lipinski definition) is 0. The lowest BCUT2D eigenvalue weighted by molar-refractivity contribution is 0.0802. The molecule has 0 saturated carbocycles. The van der Waals surface area contributed by atoms with Gasteiger partial charge in [0, 0.05) is 62.3 Å². The molecule has 0 atom stereocenters. The van der Waals surface area contributed by atoms with Gasteiger partial charge >= 0.3 is 0 Å². The molecule has 1 aliphatic rings. The zero-order chi connectivity index (χ0) is 24.9. The SMILES string of the molecule is CCN(C)C(=O)c1ccc(CSc2nc(C)c(C)c(N3CCN(c4ccccc4F)CC3)n2)cc1. The van der Waals surface area contributed by atoms with Crippen molar-refractivity contribution in [1.82, 2.24) is 14.9 Å². The van der Waals surface area contributed by atoms with E-state index in [4.69, 9.17) is 9.97 Å². The van der Waals surface area contributed by atoms with E-state index in [1.807, 2.05) is 50.2 Å². The molecule has 0 N–H and O–H groups in total. The summed E-state index contributed by atoms with van der Waals surface area (Å²) in [5.74, 6) is 1.53. The van der Waals surface area contributed by atoms with Gasteiger partial charge in [-0.1, -0.05) is 36.0 Å². The Labute approximate surface area is 211 Å². The van der Waals surface area contributed by atoms with Crippen LogP contribution in [0.1, 0.15) is 34.1 Å². The number of carbonyl (C=O) groups is 1. The molecule has 35 heavy (non-hydrogen) atoms. The van der Waals surface area contributed by atoms with Gasteiger partial charge in [0.15, 0.2) is 5.16 Å². The highest BCUT2D eigenvalue weighted by Gasteiger charge is 2.23. The first-order valence-electron chi connectivity index (χ1n) is 11.9. The van der Waals surface area contributed by atoms with E-state index in [0.29, 0.717) is 17.8 Å². The number of carbonyl (C=O) groups excluding carboxylic acids is 1. The minimum Gasteiger partial charge on any atom is -0.366 e. The predicted octanol–water partition coefficient (Wildman–Crippen LogP) is 4.94. The molecule has 2 aromatic carbocycles. The first kappa shape index (κ1) is 25.0. The number of benzene rings is 2. The third kappa shape index (κ3) is 5.75. The van der Waals surface area contributed by atoms with E-state index in [-0.39, 0.29) is 11.7 Å². The van der Waals surface area contributed by atoms with Crippen LogP contribution in [-0.4, -0.2) is 60.5 Å². The second-order valence-electron chi connectivity index (χ2n) is 8.77. The molecule has 1 fully saturated rings. The summed E-state index contributed by atoms with van der Waals surface area (Å²) in [5, 5.41) is 0.741. The zero-order valence-electron chi connectivity index (χ0n) is 20.8. The van der Waals surface area contributed by atoms with E-state index < -0.39 is 0 Å². The van der Waals surface area contributed by atoms with Gasteiger partial charge in [-0.25, -0.2) is 14.4 Å². The molecule has 1 aliphatic heterocycles. The van der Waals surface area contributed by atoms with E-state index in [9.17, 15) is 9.18 Å². The molecule has 8 heteroatoms. The molecule has 2 heterocycles. The normalized spacial score (nSPS) is 13.7. The second kappa shape index (κ2) is 11.1. The molecule has 1 aromatic heterocycles. The van der Waals surface area contributed by atoms with Gasteiger partial charge in [0.25, 0.3) is 5.91 Å². The lowest BCUT2D eigenvalue weighted by atomic mass is 10.1. The number of amides is 1. The van der Waals surface area contributed by atoms with Gasteiger partial charge in [0.1, 0.15) is 11.6 Å². The number of aryl methyl sites for hydroxylation is 1. The highest BCUT2D eigenvalue weighted by molar-refractivity contribution is 7.98. The van der Waals surface area contributed by atoms with Gasteiger partial charge in [-0.15, -0.1) is 0 Å². The third-order valence-corrected chi connectivity index (χ3v) is 7.42. The van der Waals surface area contributed by atoms with Crippen molar-refractivity contribution in [2.45, 2.75) is 31.7 Å². The topological polar surface area (TPSA) is 52.6 Å². The second-order valence-corrected chi connectivity index (χ2v) is 9.71. The van der Waals surface area contributed by atoms with Crippen molar-refractivity contribution in [1.29, 1.82) is 0 Å². The van der Waals surface area contributed by atoms with E-state index in [1.165, 1.54) is 6.07 Å². The molecule has 0 spiro atoms. The number of nitrogens with zero attached hydrogens (tertiary/aromatic N) is 5. The number of anilines is 2. The van der Waals surface area contributed by atoms with Crippen molar-refractivity contribution in [3.05, 3.63) is 76.7 Å². The number of para-hydroxylation sites is 1. The maximum absolute atomic E-state index is 14.2. The van der Waals surface area contributed by atoms with Crippen LogP contribution in [0.5, 0.6) is 0 Å². The number of hydrogen-bond acceptors (Lipinski definition) is 6. The average Bonchev–Trinajstić information content (AvgIpc) is 2.89. The molecule has 4 rings (SSSR count). The highest BCUT2D eigenvalue weighted by Crippen LogP contribution is 2.28. The van der Waals surface area contributed by atoms with Crippen LogP contribution in [0.3, 0.4) is 0 Å². The Balaban J connectivity index is 1.41. The zero-order valence-corrected chi connectivity index (χ0v) is 21.6. The standard InChI is InChI=1S/C27H32FN5OS/c1-5-31(4)26(34)22-12-10-21(11-13-22)18-35-27-29-20(3)19(2)25(30-27)33-16-14-32(15-17-33)24-9-7-6-8-23(24)28/h6-13H,5,14-18H2,1-4H3. The number of halogens is 1. The summed E-state index contributed by atoms with van der Waals surface area (Å²) < 4.78 is 14.2. The van der Waals surface area contributed by atoms with Crippen LogP contribution in [-0.2, 0) is 5.75 Å². The van der Waals surface area contributed by atoms with Gasteiger partial charge in [-0.05, 0) is 50.6 Å². The maximum Gasteiger partial charge on any atom is 0.253 e. The van der Waals surface area contributed by atoms with Gasteiger partial charge in [-0.3, -0.25) is 4.79 Å². The van der Waals surface area contributed by atoms with E-state index in [0.717, 1.165) is 59.7 Å². The van der Waals surface area contributed by atoms with Crippen LogP contribution in [0.2, 0.25) is 0 Å². The first-order chi connectivity index (χ1) is 16.9. The molecule has 0 bridgehead atoms. The fourth-order valence-electron chi connectivity index (χ4n) is 4.08. The van der Waals surface area contributed by atoms with Crippen LogP contribution < -0.4 is 9.80 Å². The number of aromatic nitrogens is 2. The summed E-state index contributed by atoms with van der Waals surface area (Å²) in [7, 11) is 1.81. The Hall–Kier alpha value is -3.13. The molecular formula is C27H32FN5OS.